The summed E-state index contributed by atoms with van der Waals surface area (Å²) in [6, 6.07) is 15.8. The summed E-state index contributed by atoms with van der Waals surface area (Å²) in [4.78, 5) is 24.6. The Hall–Kier alpha value is -2.62. The summed E-state index contributed by atoms with van der Waals surface area (Å²) in [6.45, 7) is 0.883. The first-order valence-corrected chi connectivity index (χ1v) is 10.4. The molecule has 2 aromatic carbocycles. The van der Waals surface area contributed by atoms with Crippen LogP contribution >= 0.6 is 11.8 Å². The maximum absolute atomic E-state index is 12.9. The molecule has 0 saturated carbocycles. The number of thioether (sulfide) groups is 1. The van der Waals surface area contributed by atoms with Crippen LogP contribution in [0.1, 0.15) is 5.56 Å². The summed E-state index contributed by atoms with van der Waals surface area (Å²) in [5.74, 6) is -0.515. The highest BCUT2D eigenvalue weighted by atomic mass is 32.2. The number of amides is 2. The summed E-state index contributed by atoms with van der Waals surface area (Å²) in [7, 11) is 0. The Morgan fingerprint density at radius 2 is 1.93 bits per heavy atom. The normalized spacial score (nSPS) is 23.4. The Labute approximate surface area is 172 Å². The number of hydrogen-bond acceptors (Lipinski definition) is 6. The van der Waals surface area contributed by atoms with E-state index in [4.69, 9.17) is 0 Å². The van der Waals surface area contributed by atoms with Gasteiger partial charge in [0.25, 0.3) is 0 Å². The lowest BCUT2D eigenvalue weighted by molar-refractivity contribution is -0.127. The molecule has 0 radical (unpaired) electrons. The summed E-state index contributed by atoms with van der Waals surface area (Å²) in [5, 5.41) is 11.1. The fourth-order valence-electron chi connectivity index (χ4n) is 3.39. The number of carbonyl (C=O) groups excluding carboxylic acids is 2. The van der Waals surface area contributed by atoms with Gasteiger partial charge in [0, 0.05) is 13.1 Å². The van der Waals surface area contributed by atoms with E-state index in [0.717, 1.165) is 11.3 Å². The Bertz CT molecular complexity index is 867. The van der Waals surface area contributed by atoms with Crippen LogP contribution in [-0.2, 0) is 16.1 Å². The number of hydrazine groups is 1. The molecule has 4 N–H and O–H groups in total. The van der Waals surface area contributed by atoms with Gasteiger partial charge in [0.2, 0.25) is 11.8 Å². The van der Waals surface area contributed by atoms with Crippen molar-refractivity contribution in [3.63, 3.8) is 0 Å². The minimum Gasteiger partial charge on any atom is -0.351 e. The highest BCUT2D eigenvalue weighted by Crippen LogP contribution is 2.26. The van der Waals surface area contributed by atoms with Crippen molar-refractivity contribution in [3.8, 4) is 0 Å². The van der Waals surface area contributed by atoms with Gasteiger partial charge in [-0.15, -0.1) is 11.8 Å². The largest absolute Gasteiger partial charge is 0.351 e. The number of hydrogen-bond donors (Lipinski definition) is 4. The first kappa shape index (κ1) is 19.7. The minimum absolute atomic E-state index is 0.0381. The van der Waals surface area contributed by atoms with Crippen molar-refractivity contribution in [2.24, 2.45) is 5.92 Å². The molecule has 29 heavy (non-hydrogen) atoms. The Morgan fingerprint density at radius 1 is 1.17 bits per heavy atom. The van der Waals surface area contributed by atoms with Gasteiger partial charge in [-0.1, -0.05) is 30.3 Å². The van der Waals surface area contributed by atoms with Gasteiger partial charge in [0.15, 0.2) is 0 Å². The van der Waals surface area contributed by atoms with Crippen LogP contribution in [0.4, 0.5) is 10.1 Å². The van der Waals surface area contributed by atoms with E-state index in [1.54, 1.807) is 12.1 Å². The predicted molar refractivity (Wildman–Crippen MR) is 110 cm³/mol. The van der Waals surface area contributed by atoms with Gasteiger partial charge in [-0.05, 0) is 29.8 Å². The maximum atomic E-state index is 12.9. The van der Waals surface area contributed by atoms with Gasteiger partial charge in [0.05, 0.1) is 17.4 Å². The number of nitrogens with zero attached hydrogens (tertiary/aromatic N) is 1. The Balaban J connectivity index is 1.29. The molecule has 2 saturated heterocycles. The Morgan fingerprint density at radius 3 is 2.69 bits per heavy atom. The zero-order valence-corrected chi connectivity index (χ0v) is 16.4. The van der Waals surface area contributed by atoms with Gasteiger partial charge in [0.1, 0.15) is 17.5 Å². The molecule has 0 aromatic heterocycles. The van der Waals surface area contributed by atoms with Crippen molar-refractivity contribution in [1.82, 2.24) is 21.4 Å². The van der Waals surface area contributed by atoms with Gasteiger partial charge >= 0.3 is 0 Å². The molecule has 7 nitrogen and oxygen atoms in total. The van der Waals surface area contributed by atoms with Gasteiger partial charge in [-0.2, -0.15) is 0 Å². The van der Waals surface area contributed by atoms with E-state index >= 15 is 0 Å². The number of benzene rings is 2. The highest BCUT2D eigenvalue weighted by molar-refractivity contribution is 8.00. The quantitative estimate of drug-likeness (QED) is 0.566. The smallest absolute Gasteiger partial charge is 0.230 e. The number of halogens is 1. The van der Waals surface area contributed by atoms with Gasteiger partial charge in [-0.3, -0.25) is 19.9 Å². The van der Waals surface area contributed by atoms with Crippen LogP contribution in [-0.4, -0.2) is 35.8 Å². The third kappa shape index (κ3) is 4.69. The lowest BCUT2D eigenvalue weighted by atomic mass is 10.1. The molecular weight excluding hydrogens is 393 g/mol. The van der Waals surface area contributed by atoms with Crippen molar-refractivity contribution in [3.05, 3.63) is 66.0 Å². The third-order valence-corrected chi connectivity index (χ3v) is 5.91. The molecule has 152 valence electrons. The van der Waals surface area contributed by atoms with E-state index in [2.05, 4.69) is 21.4 Å². The van der Waals surface area contributed by atoms with Crippen LogP contribution in [0.5, 0.6) is 0 Å². The first-order chi connectivity index (χ1) is 14.1. The van der Waals surface area contributed by atoms with E-state index in [1.807, 2.05) is 35.3 Å². The van der Waals surface area contributed by atoms with Crippen molar-refractivity contribution in [2.45, 2.75) is 18.2 Å². The van der Waals surface area contributed by atoms with Gasteiger partial charge in [-0.25, -0.2) is 9.82 Å². The molecule has 2 aromatic rings. The van der Waals surface area contributed by atoms with Crippen LogP contribution in [0.2, 0.25) is 0 Å². The van der Waals surface area contributed by atoms with Crippen LogP contribution in [0.3, 0.4) is 0 Å². The second kappa shape index (κ2) is 8.81. The summed E-state index contributed by atoms with van der Waals surface area (Å²) in [5.41, 5.74) is 4.70. The van der Waals surface area contributed by atoms with Crippen LogP contribution in [0, 0.1) is 11.7 Å². The van der Waals surface area contributed by atoms with E-state index in [-0.39, 0.29) is 41.0 Å². The van der Waals surface area contributed by atoms with Crippen LogP contribution in [0.25, 0.3) is 0 Å². The number of rotatable bonds is 6. The average Bonchev–Trinajstić information content (AvgIpc) is 3.17. The zero-order chi connectivity index (χ0) is 20.2. The summed E-state index contributed by atoms with van der Waals surface area (Å²) in [6.07, 6.45) is -0.189. The zero-order valence-electron chi connectivity index (χ0n) is 15.6. The topological polar surface area (TPSA) is 85.5 Å². The molecule has 4 rings (SSSR count). The molecular formula is C20H22FN5O2S. The van der Waals surface area contributed by atoms with Crippen molar-refractivity contribution in [1.29, 1.82) is 0 Å². The number of anilines is 1. The third-order valence-electron chi connectivity index (χ3n) is 4.89. The molecule has 0 spiro atoms. The number of para-hydroxylation sites is 1. The maximum Gasteiger partial charge on any atom is 0.230 e. The molecule has 0 bridgehead atoms. The number of carbonyl (C=O) groups is 2. The van der Waals surface area contributed by atoms with Crippen molar-refractivity contribution in [2.75, 3.05) is 17.3 Å². The molecule has 9 heteroatoms. The highest BCUT2D eigenvalue weighted by Gasteiger charge is 2.44. The molecule has 2 aliphatic heterocycles. The number of nitrogens with one attached hydrogen (secondary N) is 4. The monoisotopic (exact) mass is 415 g/mol. The molecule has 0 aliphatic carbocycles. The summed E-state index contributed by atoms with van der Waals surface area (Å²) < 4.78 is 12.9. The lowest BCUT2D eigenvalue weighted by Gasteiger charge is -2.37. The minimum atomic E-state index is -0.369. The molecule has 3 atom stereocenters. The molecule has 2 heterocycles. The van der Waals surface area contributed by atoms with E-state index < -0.39 is 0 Å². The predicted octanol–water partition coefficient (Wildman–Crippen LogP) is 1.15. The average molecular weight is 415 g/mol. The lowest BCUT2D eigenvalue weighted by Crippen LogP contribution is -2.63. The van der Waals surface area contributed by atoms with E-state index in [1.165, 1.54) is 23.9 Å². The fraction of sp³-hybridized carbons (Fsp3) is 0.300. The van der Waals surface area contributed by atoms with Crippen molar-refractivity contribution >= 4 is 29.3 Å². The van der Waals surface area contributed by atoms with Crippen molar-refractivity contribution < 1.29 is 14.0 Å². The molecule has 3 unspecified atom stereocenters. The second-order valence-electron chi connectivity index (χ2n) is 6.89. The molecule has 2 amide bonds. The second-order valence-corrected chi connectivity index (χ2v) is 7.98. The first-order valence-electron chi connectivity index (χ1n) is 9.37. The van der Waals surface area contributed by atoms with Crippen LogP contribution in [0.15, 0.2) is 54.6 Å². The standard InChI is InChI=1S/C20H22FN5O2S/c21-14-8-6-13(7-9-14)10-22-17(27)12-29-20-24-18-16(19(28)25-20)11-23-26(18)15-4-2-1-3-5-15/h1-9,16,18,20,23-24H,10-12H2,(H,22,27)(H,25,28). The molecule has 2 fully saturated rings. The van der Waals surface area contributed by atoms with E-state index in [0.29, 0.717) is 13.1 Å². The van der Waals surface area contributed by atoms with E-state index in [9.17, 15) is 14.0 Å². The SMILES string of the molecule is O=C(CSC1NC(=O)C2CNN(c3ccccc3)C2N1)NCc1ccc(F)cc1. The number of fused-ring (bicyclic) bond motifs is 1. The molecule has 2 aliphatic rings. The fourth-order valence-corrected chi connectivity index (χ4v) is 4.24. The Kier molecular flexibility index (Phi) is 5.98. The van der Waals surface area contributed by atoms with Gasteiger partial charge < -0.3 is 10.6 Å². The van der Waals surface area contributed by atoms with Crippen LogP contribution < -0.4 is 26.4 Å². The summed E-state index contributed by atoms with van der Waals surface area (Å²) >= 11 is 1.32.